The number of hydrogen-bond donors (Lipinski definition) is 1. The summed E-state index contributed by atoms with van der Waals surface area (Å²) in [4.78, 5) is 16.7. The number of carbonyl (C=O) groups is 1. The lowest BCUT2D eigenvalue weighted by Gasteiger charge is -2.03. The van der Waals surface area contributed by atoms with Crippen molar-refractivity contribution in [3.05, 3.63) is 69.8 Å². The minimum Gasteiger partial charge on any atom is -0.506 e. The van der Waals surface area contributed by atoms with Gasteiger partial charge in [-0.3, -0.25) is 4.79 Å². The Kier molecular flexibility index (Phi) is 3.73. The van der Waals surface area contributed by atoms with Crippen LogP contribution in [0.15, 0.2) is 53.0 Å². The molecule has 1 aliphatic rings. The van der Waals surface area contributed by atoms with Gasteiger partial charge in [0.25, 0.3) is 0 Å². The number of aryl methyl sites for hydroxylation is 1. The third-order valence-corrected chi connectivity index (χ3v) is 3.86. The van der Waals surface area contributed by atoms with Crippen LogP contribution in [0.25, 0.3) is 5.76 Å². The second kappa shape index (κ2) is 5.71. The van der Waals surface area contributed by atoms with Crippen LogP contribution < -0.4 is 0 Å². The van der Waals surface area contributed by atoms with E-state index in [2.05, 4.69) is 4.99 Å². The predicted octanol–water partition coefficient (Wildman–Crippen LogP) is 4.41. The Labute approximate surface area is 138 Å². The molecule has 4 nitrogen and oxygen atoms in total. The lowest BCUT2D eigenvalue weighted by Crippen LogP contribution is -2.09. The summed E-state index contributed by atoms with van der Waals surface area (Å²) in [7, 11) is 0. The van der Waals surface area contributed by atoms with E-state index in [9.17, 15) is 15.2 Å². The number of aliphatic hydroxyl groups excluding tert-OH is 1. The number of aliphatic imine (C=N–C) groups is 1. The fourth-order valence-electron chi connectivity index (χ4n) is 2.49. The Bertz CT molecular complexity index is 936. The first-order valence-corrected chi connectivity index (χ1v) is 7.23. The third-order valence-electron chi connectivity index (χ3n) is 3.62. The van der Waals surface area contributed by atoms with Crippen molar-refractivity contribution in [3.8, 4) is 6.07 Å². The molecule has 1 N–H and O–H groups in total. The van der Waals surface area contributed by atoms with Crippen molar-refractivity contribution < 1.29 is 9.90 Å². The maximum Gasteiger partial charge on any atom is 0.200 e. The predicted molar refractivity (Wildman–Crippen MR) is 89.2 cm³/mol. The van der Waals surface area contributed by atoms with Gasteiger partial charge in [0.05, 0.1) is 5.69 Å². The zero-order chi connectivity index (χ0) is 16.6. The van der Waals surface area contributed by atoms with Crippen LogP contribution in [0.5, 0.6) is 0 Å². The summed E-state index contributed by atoms with van der Waals surface area (Å²) >= 11 is 5.90. The molecule has 2 aromatic carbocycles. The number of rotatable bonds is 2. The number of allylic oxidation sites excluding steroid dienone is 1. The minimum atomic E-state index is -0.398. The molecule has 5 heteroatoms. The van der Waals surface area contributed by atoms with E-state index in [0.29, 0.717) is 21.8 Å². The van der Waals surface area contributed by atoms with Crippen molar-refractivity contribution >= 4 is 34.5 Å². The van der Waals surface area contributed by atoms with Crippen molar-refractivity contribution in [1.82, 2.24) is 0 Å². The highest BCUT2D eigenvalue weighted by atomic mass is 35.5. The number of hydrogen-bond acceptors (Lipinski definition) is 4. The number of benzene rings is 2. The van der Waals surface area contributed by atoms with E-state index in [1.54, 1.807) is 49.4 Å². The molecule has 1 aliphatic carbocycles. The molecule has 2 aromatic rings. The first-order valence-electron chi connectivity index (χ1n) is 6.85. The van der Waals surface area contributed by atoms with Gasteiger partial charge in [0.1, 0.15) is 17.4 Å². The molecule has 112 valence electrons. The van der Waals surface area contributed by atoms with Crippen LogP contribution in [0.2, 0.25) is 5.02 Å². The third kappa shape index (κ3) is 2.52. The first kappa shape index (κ1) is 15.0. The highest BCUT2D eigenvalue weighted by molar-refractivity contribution is 6.39. The molecule has 0 radical (unpaired) electrons. The van der Waals surface area contributed by atoms with Gasteiger partial charge >= 0.3 is 0 Å². The molecule has 0 saturated heterocycles. The molecule has 0 heterocycles. The quantitative estimate of drug-likeness (QED) is 0.832. The molecule has 0 spiro atoms. The minimum absolute atomic E-state index is 0.0666. The number of Topliss-reactive ketones (excluding diaryl/α,β-unsaturated/α-hetero) is 1. The molecule has 0 aromatic heterocycles. The number of nitriles is 1. The molecule has 0 atom stereocenters. The number of fused-ring (bicyclic) bond motifs is 1. The molecule has 0 aliphatic heterocycles. The van der Waals surface area contributed by atoms with Crippen LogP contribution in [-0.2, 0) is 0 Å². The summed E-state index contributed by atoms with van der Waals surface area (Å²) < 4.78 is 0. The van der Waals surface area contributed by atoms with Crippen LogP contribution in [0.1, 0.15) is 21.5 Å². The monoisotopic (exact) mass is 322 g/mol. The van der Waals surface area contributed by atoms with Crippen LogP contribution in [-0.4, -0.2) is 16.6 Å². The van der Waals surface area contributed by atoms with Crippen molar-refractivity contribution in [2.24, 2.45) is 4.99 Å². The smallest absolute Gasteiger partial charge is 0.200 e. The van der Waals surface area contributed by atoms with Gasteiger partial charge in [-0.05, 0) is 30.7 Å². The Balaban J connectivity index is 2.13. The van der Waals surface area contributed by atoms with Crippen molar-refractivity contribution in [2.75, 3.05) is 0 Å². The molecular formula is C18H11ClN2O2. The van der Waals surface area contributed by atoms with E-state index < -0.39 is 5.78 Å². The van der Waals surface area contributed by atoms with Gasteiger partial charge in [-0.25, -0.2) is 4.99 Å². The SMILES string of the molecule is Cc1cc(Cl)ccc1N=C(C#N)C1=C(O)c2ccccc2C1=O. The molecule has 0 amide bonds. The summed E-state index contributed by atoms with van der Waals surface area (Å²) in [6.45, 7) is 1.80. The maximum absolute atomic E-state index is 12.5. The summed E-state index contributed by atoms with van der Waals surface area (Å²) in [6.07, 6.45) is 0. The second-order valence-corrected chi connectivity index (χ2v) is 5.54. The van der Waals surface area contributed by atoms with Crippen molar-refractivity contribution in [1.29, 1.82) is 5.26 Å². The number of ketones is 1. The molecule has 3 rings (SSSR count). The van der Waals surface area contributed by atoms with Gasteiger partial charge in [0.15, 0.2) is 11.5 Å². The summed E-state index contributed by atoms with van der Waals surface area (Å²) in [5.74, 6) is -0.609. The topological polar surface area (TPSA) is 73.4 Å². The zero-order valence-electron chi connectivity index (χ0n) is 12.2. The first-order chi connectivity index (χ1) is 11.0. The summed E-state index contributed by atoms with van der Waals surface area (Å²) in [5.41, 5.74) is 1.90. The van der Waals surface area contributed by atoms with Gasteiger partial charge in [-0.15, -0.1) is 0 Å². The van der Waals surface area contributed by atoms with E-state index in [0.717, 1.165) is 5.56 Å². The average molecular weight is 323 g/mol. The van der Waals surface area contributed by atoms with Crippen LogP contribution in [0, 0.1) is 18.3 Å². The lowest BCUT2D eigenvalue weighted by molar-refractivity contribution is 0.104. The highest BCUT2D eigenvalue weighted by Crippen LogP contribution is 2.32. The average Bonchev–Trinajstić information content (AvgIpc) is 2.79. The molecule has 23 heavy (non-hydrogen) atoms. The van der Waals surface area contributed by atoms with Gasteiger partial charge in [0, 0.05) is 16.1 Å². The van der Waals surface area contributed by atoms with Gasteiger partial charge in [-0.1, -0.05) is 35.9 Å². The van der Waals surface area contributed by atoms with Crippen molar-refractivity contribution in [2.45, 2.75) is 6.92 Å². The molecular weight excluding hydrogens is 312 g/mol. The molecule has 0 fully saturated rings. The zero-order valence-corrected chi connectivity index (χ0v) is 12.9. The molecule has 0 unspecified atom stereocenters. The van der Waals surface area contributed by atoms with E-state index in [-0.39, 0.29) is 17.0 Å². The maximum atomic E-state index is 12.5. The standard InChI is InChI=1S/C18H11ClN2O2/c1-10-8-11(19)6-7-14(10)21-15(9-20)16-17(22)12-4-2-3-5-13(12)18(16)23/h2-8,22H,1H3. The Morgan fingerprint density at radius 2 is 1.91 bits per heavy atom. The van der Waals surface area contributed by atoms with E-state index in [4.69, 9.17) is 11.6 Å². The van der Waals surface area contributed by atoms with E-state index in [1.807, 2.05) is 6.07 Å². The largest absolute Gasteiger partial charge is 0.506 e. The van der Waals surface area contributed by atoms with Gasteiger partial charge in [-0.2, -0.15) is 5.26 Å². The van der Waals surface area contributed by atoms with Gasteiger partial charge < -0.3 is 5.11 Å². The summed E-state index contributed by atoms with van der Waals surface area (Å²) in [5, 5.41) is 20.3. The van der Waals surface area contributed by atoms with Crippen LogP contribution in [0.4, 0.5) is 5.69 Å². The number of aliphatic hydroxyl groups is 1. The van der Waals surface area contributed by atoms with E-state index in [1.165, 1.54) is 0 Å². The molecule has 0 bridgehead atoms. The molecule has 0 saturated carbocycles. The Morgan fingerprint density at radius 3 is 2.52 bits per heavy atom. The van der Waals surface area contributed by atoms with Crippen molar-refractivity contribution in [3.63, 3.8) is 0 Å². The lowest BCUT2D eigenvalue weighted by atomic mass is 10.1. The fourth-order valence-corrected chi connectivity index (χ4v) is 2.71. The number of carbonyl (C=O) groups excluding carboxylic acids is 1. The van der Waals surface area contributed by atoms with Crippen LogP contribution in [0.3, 0.4) is 0 Å². The Morgan fingerprint density at radius 1 is 1.22 bits per heavy atom. The second-order valence-electron chi connectivity index (χ2n) is 5.10. The summed E-state index contributed by atoms with van der Waals surface area (Å²) in [6, 6.07) is 13.6. The fraction of sp³-hybridized carbons (Fsp3) is 0.0556. The van der Waals surface area contributed by atoms with Crippen LogP contribution >= 0.6 is 11.6 Å². The normalized spacial score (nSPS) is 14.0. The highest BCUT2D eigenvalue weighted by Gasteiger charge is 2.32. The Hall–Kier alpha value is -2.90. The van der Waals surface area contributed by atoms with Gasteiger partial charge in [0.2, 0.25) is 0 Å². The number of halogens is 1. The number of nitrogens with zero attached hydrogens (tertiary/aromatic N) is 2. The van der Waals surface area contributed by atoms with E-state index >= 15 is 0 Å².